The fourth-order valence-electron chi connectivity index (χ4n) is 2.99. The molecule has 0 fully saturated rings. The Morgan fingerprint density at radius 3 is 2.72 bits per heavy atom. The van der Waals surface area contributed by atoms with E-state index in [1.165, 1.54) is 11.6 Å². The van der Waals surface area contributed by atoms with Crippen LogP contribution in [-0.4, -0.2) is 21.1 Å². The van der Waals surface area contributed by atoms with Crippen molar-refractivity contribution < 1.29 is 14.3 Å². The Kier molecular flexibility index (Phi) is 6.82. The van der Waals surface area contributed by atoms with Crippen molar-refractivity contribution in [3.63, 3.8) is 0 Å². The monoisotopic (exact) mass is 411 g/mol. The van der Waals surface area contributed by atoms with Crippen molar-refractivity contribution in [3.8, 4) is 17.2 Å². The van der Waals surface area contributed by atoms with E-state index in [-0.39, 0.29) is 16.8 Å². The predicted octanol–water partition coefficient (Wildman–Crippen LogP) is 5.16. The number of nitrogens with zero attached hydrogens (tertiary/aromatic N) is 1. The van der Waals surface area contributed by atoms with Crippen LogP contribution in [0.3, 0.4) is 0 Å². The fourth-order valence-corrected chi connectivity index (χ4v) is 3.22. The molecule has 3 rings (SSSR count). The van der Waals surface area contributed by atoms with E-state index in [0.717, 1.165) is 31.2 Å². The number of hydrogen-bond donors (Lipinski definition) is 3. The Labute approximate surface area is 175 Å². The SMILES string of the molecule is CCCCCC(=O)NC(=S)Nc1ccc(-c2nc3cc(CC)ccc3o2)c(O)c1. The number of amides is 1. The average molecular weight is 412 g/mol. The van der Waals surface area contributed by atoms with Gasteiger partial charge in [-0.25, -0.2) is 4.98 Å². The molecule has 3 aromatic rings. The quantitative estimate of drug-likeness (QED) is 0.368. The topological polar surface area (TPSA) is 87.4 Å². The van der Waals surface area contributed by atoms with Crippen LogP contribution in [0, 0.1) is 0 Å². The molecule has 0 bridgehead atoms. The van der Waals surface area contributed by atoms with Crippen LogP contribution in [-0.2, 0) is 11.2 Å². The first-order chi connectivity index (χ1) is 14.0. The van der Waals surface area contributed by atoms with Gasteiger partial charge in [0, 0.05) is 18.2 Å². The van der Waals surface area contributed by atoms with Crippen molar-refractivity contribution >= 4 is 40.0 Å². The van der Waals surface area contributed by atoms with E-state index < -0.39 is 0 Å². The zero-order chi connectivity index (χ0) is 20.8. The first-order valence-corrected chi connectivity index (χ1v) is 10.2. The van der Waals surface area contributed by atoms with E-state index in [0.29, 0.717) is 29.1 Å². The number of phenols is 1. The minimum absolute atomic E-state index is 0.00865. The van der Waals surface area contributed by atoms with E-state index in [2.05, 4.69) is 29.5 Å². The lowest BCUT2D eigenvalue weighted by Crippen LogP contribution is -2.33. The molecule has 0 aliphatic rings. The molecule has 0 atom stereocenters. The van der Waals surface area contributed by atoms with Gasteiger partial charge in [0.1, 0.15) is 11.3 Å². The number of aromatic nitrogens is 1. The Morgan fingerprint density at radius 1 is 1.17 bits per heavy atom. The van der Waals surface area contributed by atoms with Gasteiger partial charge in [-0.05, 0) is 54.9 Å². The summed E-state index contributed by atoms with van der Waals surface area (Å²) in [6.07, 6.45) is 4.26. The van der Waals surface area contributed by atoms with Gasteiger partial charge >= 0.3 is 0 Å². The molecule has 1 heterocycles. The van der Waals surface area contributed by atoms with Gasteiger partial charge in [-0.15, -0.1) is 0 Å². The summed E-state index contributed by atoms with van der Waals surface area (Å²) in [5.41, 5.74) is 3.65. The number of unbranched alkanes of at least 4 members (excludes halogenated alkanes) is 2. The van der Waals surface area contributed by atoms with Gasteiger partial charge in [-0.3, -0.25) is 4.79 Å². The van der Waals surface area contributed by atoms with Crippen LogP contribution >= 0.6 is 12.2 Å². The highest BCUT2D eigenvalue weighted by molar-refractivity contribution is 7.80. The van der Waals surface area contributed by atoms with Gasteiger partial charge in [-0.2, -0.15) is 0 Å². The number of thiocarbonyl (C=S) groups is 1. The standard InChI is InChI=1S/C22H25N3O3S/c1-3-5-6-7-20(27)25-22(29)23-15-9-10-16(18(26)13-15)21-24-17-12-14(4-2)8-11-19(17)28-21/h8-13,26H,3-7H2,1-2H3,(H2,23,25,27,29). The van der Waals surface area contributed by atoms with E-state index in [4.69, 9.17) is 16.6 Å². The van der Waals surface area contributed by atoms with E-state index in [1.807, 2.05) is 18.2 Å². The predicted molar refractivity (Wildman–Crippen MR) is 119 cm³/mol. The molecule has 0 radical (unpaired) electrons. The van der Waals surface area contributed by atoms with Crippen LogP contribution in [0.2, 0.25) is 0 Å². The van der Waals surface area contributed by atoms with Gasteiger partial charge in [0.05, 0.1) is 5.56 Å². The van der Waals surface area contributed by atoms with E-state index >= 15 is 0 Å². The van der Waals surface area contributed by atoms with Crippen LogP contribution in [0.1, 0.15) is 45.1 Å². The first kappa shape index (κ1) is 20.8. The third-order valence-electron chi connectivity index (χ3n) is 4.61. The second-order valence-corrected chi connectivity index (χ2v) is 7.27. The summed E-state index contributed by atoms with van der Waals surface area (Å²) in [6, 6.07) is 10.8. The number of nitrogens with one attached hydrogen (secondary N) is 2. The molecule has 0 saturated carbocycles. The number of hydrogen-bond acceptors (Lipinski definition) is 5. The lowest BCUT2D eigenvalue weighted by Gasteiger charge is -2.10. The van der Waals surface area contributed by atoms with E-state index in [1.54, 1.807) is 12.1 Å². The molecule has 0 spiro atoms. The van der Waals surface area contributed by atoms with Gasteiger partial charge in [-0.1, -0.05) is 32.8 Å². The Hall–Kier alpha value is -2.93. The highest BCUT2D eigenvalue weighted by Gasteiger charge is 2.14. The van der Waals surface area contributed by atoms with Gasteiger partial charge in [0.2, 0.25) is 11.8 Å². The molecule has 0 aliphatic heterocycles. The second-order valence-electron chi connectivity index (χ2n) is 6.87. The van der Waals surface area contributed by atoms with Crippen LogP contribution in [0.5, 0.6) is 5.75 Å². The normalized spacial score (nSPS) is 10.8. The number of benzene rings is 2. The first-order valence-electron chi connectivity index (χ1n) is 9.83. The Balaban J connectivity index is 1.68. The maximum atomic E-state index is 11.8. The van der Waals surface area contributed by atoms with Crippen LogP contribution in [0.15, 0.2) is 40.8 Å². The molecule has 152 valence electrons. The lowest BCUT2D eigenvalue weighted by atomic mass is 10.1. The largest absolute Gasteiger partial charge is 0.507 e. The number of phenolic OH excluding ortho intramolecular Hbond substituents is 1. The molecule has 0 aliphatic carbocycles. The second kappa shape index (κ2) is 9.52. The van der Waals surface area contributed by atoms with Gasteiger partial charge in [0.15, 0.2) is 10.7 Å². The molecule has 6 nitrogen and oxygen atoms in total. The molecule has 0 saturated heterocycles. The summed E-state index contributed by atoms with van der Waals surface area (Å²) in [5.74, 6) is 0.244. The molecule has 0 unspecified atom stereocenters. The summed E-state index contributed by atoms with van der Waals surface area (Å²) >= 11 is 5.17. The number of fused-ring (bicyclic) bond motifs is 1. The van der Waals surface area contributed by atoms with Crippen molar-refractivity contribution in [1.82, 2.24) is 10.3 Å². The zero-order valence-electron chi connectivity index (χ0n) is 16.6. The molecule has 1 amide bonds. The molecule has 1 aromatic heterocycles. The maximum absolute atomic E-state index is 11.8. The molecular weight excluding hydrogens is 386 g/mol. The molecule has 29 heavy (non-hydrogen) atoms. The van der Waals surface area contributed by atoms with E-state index in [9.17, 15) is 9.90 Å². The number of aromatic hydroxyl groups is 1. The Morgan fingerprint density at radius 2 is 2.00 bits per heavy atom. The van der Waals surface area contributed by atoms with Gasteiger partial charge < -0.3 is 20.2 Å². The molecular formula is C22H25N3O3S. The molecule has 7 heteroatoms. The fraction of sp³-hybridized carbons (Fsp3) is 0.318. The van der Waals surface area contributed by atoms with Crippen molar-refractivity contribution in [2.45, 2.75) is 46.0 Å². The number of carbonyl (C=O) groups is 1. The summed E-state index contributed by atoms with van der Waals surface area (Å²) in [5, 5.41) is 16.2. The lowest BCUT2D eigenvalue weighted by molar-refractivity contribution is -0.119. The maximum Gasteiger partial charge on any atom is 0.231 e. The number of rotatable bonds is 7. The van der Waals surface area contributed by atoms with Crippen LogP contribution in [0.25, 0.3) is 22.6 Å². The summed E-state index contributed by atoms with van der Waals surface area (Å²) in [4.78, 5) is 16.3. The third-order valence-corrected chi connectivity index (χ3v) is 4.81. The number of carbonyl (C=O) groups excluding carboxylic acids is 1. The zero-order valence-corrected chi connectivity index (χ0v) is 17.4. The van der Waals surface area contributed by atoms with Crippen molar-refractivity contribution in [1.29, 1.82) is 0 Å². The molecule has 2 aromatic carbocycles. The van der Waals surface area contributed by atoms with Crippen molar-refractivity contribution in [2.24, 2.45) is 0 Å². The smallest absolute Gasteiger partial charge is 0.231 e. The minimum Gasteiger partial charge on any atom is -0.507 e. The number of aryl methyl sites for hydroxylation is 1. The highest BCUT2D eigenvalue weighted by Crippen LogP contribution is 2.33. The van der Waals surface area contributed by atoms with Crippen molar-refractivity contribution in [3.05, 3.63) is 42.0 Å². The summed E-state index contributed by atoms with van der Waals surface area (Å²) in [7, 11) is 0. The van der Waals surface area contributed by atoms with Crippen LogP contribution in [0.4, 0.5) is 5.69 Å². The number of oxazole rings is 1. The number of anilines is 1. The van der Waals surface area contributed by atoms with Crippen molar-refractivity contribution in [2.75, 3.05) is 5.32 Å². The highest BCUT2D eigenvalue weighted by atomic mass is 32.1. The summed E-state index contributed by atoms with van der Waals surface area (Å²) in [6.45, 7) is 4.17. The van der Waals surface area contributed by atoms with Crippen LogP contribution < -0.4 is 10.6 Å². The average Bonchev–Trinajstić information content (AvgIpc) is 3.10. The minimum atomic E-state index is -0.116. The molecule has 3 N–H and O–H groups in total. The van der Waals surface area contributed by atoms with Gasteiger partial charge in [0.25, 0.3) is 0 Å². The summed E-state index contributed by atoms with van der Waals surface area (Å²) < 4.78 is 5.78. The Bertz CT molecular complexity index is 1030. The third kappa shape index (κ3) is 5.32.